The molecule has 0 radical (unpaired) electrons. The monoisotopic (exact) mass is 243 g/mol. The second kappa shape index (κ2) is 4.90. The van der Waals surface area contributed by atoms with E-state index in [2.05, 4.69) is 10.1 Å². The van der Waals surface area contributed by atoms with Crippen LogP contribution in [0.2, 0.25) is 0 Å². The zero-order chi connectivity index (χ0) is 12.4. The van der Waals surface area contributed by atoms with Gasteiger partial charge in [0.1, 0.15) is 0 Å². The highest BCUT2D eigenvalue weighted by molar-refractivity contribution is 5.24. The minimum Gasteiger partial charge on any atom is -0.339 e. The lowest BCUT2D eigenvalue weighted by molar-refractivity contribution is 0.361. The van der Waals surface area contributed by atoms with Crippen LogP contribution in [-0.2, 0) is 6.42 Å². The Morgan fingerprint density at radius 3 is 2.72 bits per heavy atom. The Kier molecular flexibility index (Phi) is 3.11. The van der Waals surface area contributed by atoms with Crippen molar-refractivity contribution in [3.8, 4) is 0 Å². The third-order valence-electron chi connectivity index (χ3n) is 3.39. The minimum atomic E-state index is 0.00616. The highest BCUT2D eigenvalue weighted by Crippen LogP contribution is 2.32. The molecule has 1 saturated carbocycles. The summed E-state index contributed by atoms with van der Waals surface area (Å²) in [5.74, 6) is 2.23. The highest BCUT2D eigenvalue weighted by Gasteiger charge is 2.25. The fourth-order valence-corrected chi connectivity index (χ4v) is 2.14. The Balaban J connectivity index is 1.80. The summed E-state index contributed by atoms with van der Waals surface area (Å²) < 4.78 is 5.36. The van der Waals surface area contributed by atoms with Gasteiger partial charge in [0.05, 0.1) is 5.92 Å². The molecule has 1 aromatic carbocycles. The fraction of sp³-hybridized carbons (Fsp3) is 0.429. The lowest BCUT2D eigenvalue weighted by Gasteiger charge is -2.09. The van der Waals surface area contributed by atoms with Crippen LogP contribution in [0.15, 0.2) is 34.9 Å². The van der Waals surface area contributed by atoms with E-state index < -0.39 is 0 Å². The molecule has 94 valence electrons. The van der Waals surface area contributed by atoms with E-state index in [0.717, 1.165) is 23.7 Å². The lowest BCUT2D eigenvalue weighted by atomic mass is 9.99. The maximum atomic E-state index is 5.83. The Labute approximate surface area is 106 Å². The van der Waals surface area contributed by atoms with Crippen molar-refractivity contribution in [3.63, 3.8) is 0 Å². The summed E-state index contributed by atoms with van der Waals surface area (Å²) in [5.41, 5.74) is 6.96. The van der Waals surface area contributed by atoms with Crippen LogP contribution in [-0.4, -0.2) is 16.7 Å². The van der Waals surface area contributed by atoms with Crippen LogP contribution in [0.4, 0.5) is 0 Å². The predicted octanol–water partition coefficient (Wildman–Crippen LogP) is 2.11. The zero-order valence-corrected chi connectivity index (χ0v) is 10.2. The minimum absolute atomic E-state index is 0.00616. The SMILES string of the molecule is NCC(c1ccccc1)c1nc(CC2CC2)no1. The number of rotatable bonds is 5. The average Bonchev–Trinajstić information content (AvgIpc) is 3.10. The molecule has 4 heteroatoms. The van der Waals surface area contributed by atoms with Gasteiger partial charge in [-0.2, -0.15) is 4.98 Å². The maximum absolute atomic E-state index is 5.83. The number of nitrogens with zero attached hydrogens (tertiary/aromatic N) is 2. The van der Waals surface area contributed by atoms with Gasteiger partial charge in [-0.1, -0.05) is 35.5 Å². The second-order valence-electron chi connectivity index (χ2n) is 4.90. The van der Waals surface area contributed by atoms with Gasteiger partial charge in [0.15, 0.2) is 5.82 Å². The summed E-state index contributed by atoms with van der Waals surface area (Å²) in [6.45, 7) is 0.481. The molecular weight excluding hydrogens is 226 g/mol. The third kappa shape index (κ3) is 2.43. The van der Waals surface area contributed by atoms with Crippen LogP contribution in [0.5, 0.6) is 0 Å². The van der Waals surface area contributed by atoms with Crippen LogP contribution < -0.4 is 5.73 Å². The molecule has 2 N–H and O–H groups in total. The first kappa shape index (κ1) is 11.4. The van der Waals surface area contributed by atoms with Crippen molar-refractivity contribution in [2.45, 2.75) is 25.2 Å². The Morgan fingerprint density at radius 2 is 2.06 bits per heavy atom. The molecule has 4 nitrogen and oxygen atoms in total. The van der Waals surface area contributed by atoms with Gasteiger partial charge >= 0.3 is 0 Å². The number of aromatic nitrogens is 2. The molecule has 1 aliphatic rings. The smallest absolute Gasteiger partial charge is 0.235 e. The molecule has 18 heavy (non-hydrogen) atoms. The van der Waals surface area contributed by atoms with Crippen molar-refractivity contribution in [1.82, 2.24) is 10.1 Å². The Hall–Kier alpha value is -1.68. The van der Waals surface area contributed by atoms with Crippen molar-refractivity contribution < 1.29 is 4.52 Å². The fourth-order valence-electron chi connectivity index (χ4n) is 2.14. The van der Waals surface area contributed by atoms with E-state index in [9.17, 15) is 0 Å². The molecule has 0 amide bonds. The largest absolute Gasteiger partial charge is 0.339 e. The number of benzene rings is 1. The molecule has 0 spiro atoms. The number of hydrogen-bond acceptors (Lipinski definition) is 4. The standard InChI is InChI=1S/C14H17N3O/c15-9-12(11-4-2-1-3-5-11)14-16-13(17-18-14)8-10-6-7-10/h1-5,10,12H,6-9,15H2. The molecule has 3 rings (SSSR count). The van der Waals surface area contributed by atoms with E-state index in [4.69, 9.17) is 10.3 Å². The molecule has 0 saturated heterocycles. The number of hydrogen-bond donors (Lipinski definition) is 1. The molecule has 1 atom stereocenters. The molecular formula is C14H17N3O. The van der Waals surface area contributed by atoms with Crippen LogP contribution in [0.1, 0.15) is 36.0 Å². The van der Waals surface area contributed by atoms with Gasteiger partial charge < -0.3 is 10.3 Å². The van der Waals surface area contributed by atoms with Gasteiger partial charge in [-0.15, -0.1) is 0 Å². The van der Waals surface area contributed by atoms with E-state index in [1.807, 2.05) is 30.3 Å². The first-order chi connectivity index (χ1) is 8.86. The summed E-state index contributed by atoms with van der Waals surface area (Å²) in [5, 5.41) is 4.05. The molecule has 2 aromatic rings. The van der Waals surface area contributed by atoms with Gasteiger partial charge in [0.25, 0.3) is 0 Å². The summed E-state index contributed by atoms with van der Waals surface area (Å²) >= 11 is 0. The van der Waals surface area contributed by atoms with E-state index in [1.54, 1.807) is 0 Å². The first-order valence-electron chi connectivity index (χ1n) is 6.44. The van der Waals surface area contributed by atoms with Crippen molar-refractivity contribution in [1.29, 1.82) is 0 Å². The van der Waals surface area contributed by atoms with Gasteiger partial charge in [-0.3, -0.25) is 0 Å². The van der Waals surface area contributed by atoms with Crippen molar-refractivity contribution in [3.05, 3.63) is 47.6 Å². The molecule has 1 aromatic heterocycles. The molecule has 1 heterocycles. The normalized spacial score (nSPS) is 16.7. The molecule has 0 aliphatic heterocycles. The molecule has 1 unspecified atom stereocenters. The lowest BCUT2D eigenvalue weighted by Crippen LogP contribution is -2.14. The van der Waals surface area contributed by atoms with Gasteiger partial charge in [0.2, 0.25) is 5.89 Å². The van der Waals surface area contributed by atoms with Gasteiger partial charge in [-0.25, -0.2) is 0 Å². The van der Waals surface area contributed by atoms with Crippen LogP contribution in [0, 0.1) is 5.92 Å². The topological polar surface area (TPSA) is 64.9 Å². The van der Waals surface area contributed by atoms with E-state index in [0.29, 0.717) is 12.4 Å². The van der Waals surface area contributed by atoms with E-state index >= 15 is 0 Å². The van der Waals surface area contributed by atoms with Crippen molar-refractivity contribution in [2.24, 2.45) is 11.7 Å². The van der Waals surface area contributed by atoms with Crippen LogP contribution in [0.25, 0.3) is 0 Å². The summed E-state index contributed by atoms with van der Waals surface area (Å²) in [4.78, 5) is 4.48. The highest BCUT2D eigenvalue weighted by atomic mass is 16.5. The Bertz CT molecular complexity index is 505. The van der Waals surface area contributed by atoms with Crippen molar-refractivity contribution in [2.75, 3.05) is 6.54 Å². The quantitative estimate of drug-likeness (QED) is 0.873. The average molecular weight is 243 g/mol. The van der Waals surface area contributed by atoms with E-state index in [-0.39, 0.29) is 5.92 Å². The van der Waals surface area contributed by atoms with E-state index in [1.165, 1.54) is 12.8 Å². The first-order valence-corrected chi connectivity index (χ1v) is 6.44. The zero-order valence-electron chi connectivity index (χ0n) is 10.2. The summed E-state index contributed by atoms with van der Waals surface area (Å²) in [6.07, 6.45) is 3.53. The molecule has 1 fully saturated rings. The summed E-state index contributed by atoms with van der Waals surface area (Å²) in [6, 6.07) is 10.1. The van der Waals surface area contributed by atoms with Gasteiger partial charge in [-0.05, 0) is 24.3 Å². The van der Waals surface area contributed by atoms with Crippen LogP contribution in [0.3, 0.4) is 0 Å². The molecule has 0 bridgehead atoms. The maximum Gasteiger partial charge on any atom is 0.235 e. The van der Waals surface area contributed by atoms with Gasteiger partial charge in [0, 0.05) is 13.0 Å². The van der Waals surface area contributed by atoms with Crippen molar-refractivity contribution >= 4 is 0 Å². The summed E-state index contributed by atoms with van der Waals surface area (Å²) in [7, 11) is 0. The predicted molar refractivity (Wildman–Crippen MR) is 68.1 cm³/mol. The van der Waals surface area contributed by atoms with Crippen LogP contribution >= 0.6 is 0 Å². The third-order valence-corrected chi connectivity index (χ3v) is 3.39. The number of nitrogens with two attached hydrogens (primary N) is 1. The Morgan fingerprint density at radius 1 is 1.28 bits per heavy atom. The molecule has 1 aliphatic carbocycles. The second-order valence-corrected chi connectivity index (χ2v) is 4.90.